The molecule has 0 saturated carbocycles. The first kappa shape index (κ1) is 10.8. The van der Waals surface area contributed by atoms with Gasteiger partial charge in [-0.25, -0.2) is 4.39 Å². The third-order valence-electron chi connectivity index (χ3n) is 2.66. The summed E-state index contributed by atoms with van der Waals surface area (Å²) in [5.41, 5.74) is 1.96. The lowest BCUT2D eigenvalue weighted by Crippen LogP contribution is -2.05. The molecule has 2 rings (SSSR count). The Kier molecular flexibility index (Phi) is 3.32. The van der Waals surface area contributed by atoms with Gasteiger partial charge in [0.05, 0.1) is 6.61 Å². The smallest absolute Gasteiger partial charge is 0.123 e. The van der Waals surface area contributed by atoms with E-state index in [1.165, 1.54) is 12.1 Å². The molecular weight excluding hydrogens is 203 g/mol. The number of hydrogen-bond donors (Lipinski definition) is 1. The van der Waals surface area contributed by atoms with Crippen LogP contribution in [-0.4, -0.2) is 11.7 Å². The molecule has 1 unspecified atom stereocenters. The van der Waals surface area contributed by atoms with Crippen LogP contribution in [0.25, 0.3) is 0 Å². The summed E-state index contributed by atoms with van der Waals surface area (Å²) in [4.78, 5) is 0. The molecule has 0 spiro atoms. The topological polar surface area (TPSA) is 20.2 Å². The minimum Gasteiger partial charge on any atom is -0.395 e. The minimum atomic E-state index is -0.256. The fraction of sp³-hybridized carbons (Fsp3) is 0.143. The van der Waals surface area contributed by atoms with Gasteiger partial charge in [0.2, 0.25) is 0 Å². The summed E-state index contributed by atoms with van der Waals surface area (Å²) < 4.78 is 12.8. The van der Waals surface area contributed by atoms with Gasteiger partial charge in [-0.05, 0) is 23.3 Å². The molecule has 2 aromatic rings. The van der Waals surface area contributed by atoms with Crippen molar-refractivity contribution in [1.82, 2.24) is 0 Å². The third kappa shape index (κ3) is 2.28. The number of hydrogen-bond acceptors (Lipinski definition) is 1. The van der Waals surface area contributed by atoms with Gasteiger partial charge in [-0.2, -0.15) is 0 Å². The Morgan fingerprint density at radius 2 is 1.44 bits per heavy atom. The quantitative estimate of drug-likeness (QED) is 0.836. The van der Waals surface area contributed by atoms with Gasteiger partial charge in [0.15, 0.2) is 0 Å². The molecule has 16 heavy (non-hydrogen) atoms. The summed E-state index contributed by atoms with van der Waals surface area (Å²) in [7, 11) is 0. The van der Waals surface area contributed by atoms with Crippen LogP contribution in [0.5, 0.6) is 0 Å². The molecule has 0 fully saturated rings. The van der Waals surface area contributed by atoms with E-state index in [4.69, 9.17) is 0 Å². The maximum atomic E-state index is 12.8. The van der Waals surface area contributed by atoms with Crippen LogP contribution in [0.4, 0.5) is 4.39 Å². The van der Waals surface area contributed by atoms with Gasteiger partial charge < -0.3 is 5.11 Å². The maximum absolute atomic E-state index is 12.8. The summed E-state index contributed by atoms with van der Waals surface area (Å²) in [6.07, 6.45) is 0. The van der Waals surface area contributed by atoms with Gasteiger partial charge in [0.1, 0.15) is 5.82 Å². The lowest BCUT2D eigenvalue weighted by atomic mass is 9.92. The van der Waals surface area contributed by atoms with E-state index in [9.17, 15) is 9.50 Å². The van der Waals surface area contributed by atoms with Crippen molar-refractivity contribution < 1.29 is 9.50 Å². The summed E-state index contributed by atoms with van der Waals surface area (Å²) in [6.45, 7) is 0.0235. The van der Waals surface area contributed by atoms with Crippen molar-refractivity contribution in [3.63, 3.8) is 0 Å². The summed E-state index contributed by atoms with van der Waals surface area (Å²) >= 11 is 0. The molecule has 1 N–H and O–H groups in total. The molecule has 1 atom stereocenters. The minimum absolute atomic E-state index is 0.0235. The molecule has 0 bridgehead atoms. The molecule has 0 radical (unpaired) electrons. The van der Waals surface area contributed by atoms with E-state index in [0.717, 1.165) is 11.1 Å². The highest BCUT2D eigenvalue weighted by Gasteiger charge is 2.12. The van der Waals surface area contributed by atoms with Crippen molar-refractivity contribution in [1.29, 1.82) is 0 Å². The van der Waals surface area contributed by atoms with Crippen LogP contribution in [0.1, 0.15) is 17.0 Å². The first-order valence-corrected chi connectivity index (χ1v) is 5.22. The van der Waals surface area contributed by atoms with Crippen LogP contribution >= 0.6 is 0 Å². The molecule has 2 aromatic carbocycles. The second kappa shape index (κ2) is 4.90. The summed E-state index contributed by atoms with van der Waals surface area (Å²) in [5, 5.41) is 9.41. The van der Waals surface area contributed by atoms with Crippen LogP contribution in [-0.2, 0) is 0 Å². The average molecular weight is 216 g/mol. The maximum Gasteiger partial charge on any atom is 0.123 e. The molecule has 2 heteroatoms. The van der Waals surface area contributed by atoms with Gasteiger partial charge >= 0.3 is 0 Å². The molecule has 0 heterocycles. The third-order valence-corrected chi connectivity index (χ3v) is 2.66. The highest BCUT2D eigenvalue weighted by Crippen LogP contribution is 2.23. The predicted octanol–water partition coefficient (Wildman–Crippen LogP) is 2.95. The van der Waals surface area contributed by atoms with E-state index in [0.29, 0.717) is 0 Å². The Hall–Kier alpha value is -1.67. The Labute approximate surface area is 94.2 Å². The second-order valence-corrected chi connectivity index (χ2v) is 3.70. The van der Waals surface area contributed by atoms with E-state index in [-0.39, 0.29) is 18.3 Å². The highest BCUT2D eigenvalue weighted by molar-refractivity contribution is 5.32. The van der Waals surface area contributed by atoms with Crippen molar-refractivity contribution in [3.8, 4) is 0 Å². The fourth-order valence-electron chi connectivity index (χ4n) is 1.78. The number of benzene rings is 2. The summed E-state index contributed by atoms with van der Waals surface area (Å²) in [5.74, 6) is -0.338. The number of aliphatic hydroxyl groups is 1. The highest BCUT2D eigenvalue weighted by atomic mass is 19.1. The normalized spacial score (nSPS) is 12.4. The Bertz CT molecular complexity index is 436. The van der Waals surface area contributed by atoms with Crippen LogP contribution in [0.3, 0.4) is 0 Å². The van der Waals surface area contributed by atoms with Crippen molar-refractivity contribution in [2.75, 3.05) is 6.61 Å². The molecule has 0 amide bonds. The van der Waals surface area contributed by atoms with E-state index < -0.39 is 0 Å². The number of rotatable bonds is 3. The number of halogens is 1. The molecule has 1 nitrogen and oxygen atoms in total. The van der Waals surface area contributed by atoms with Gasteiger partial charge in [-0.15, -0.1) is 0 Å². The Morgan fingerprint density at radius 3 is 2.00 bits per heavy atom. The van der Waals surface area contributed by atoms with Crippen LogP contribution in [0.2, 0.25) is 0 Å². The summed E-state index contributed by atoms with van der Waals surface area (Å²) in [6, 6.07) is 16.0. The standard InChI is InChI=1S/C14H13FO/c15-13-8-6-12(7-9-13)14(10-16)11-4-2-1-3-5-11/h1-9,14,16H,10H2. The van der Waals surface area contributed by atoms with E-state index in [2.05, 4.69) is 0 Å². The van der Waals surface area contributed by atoms with E-state index in [1.807, 2.05) is 30.3 Å². The molecule has 82 valence electrons. The molecule has 0 aliphatic rings. The van der Waals surface area contributed by atoms with Gasteiger partial charge in [0.25, 0.3) is 0 Å². The lowest BCUT2D eigenvalue weighted by Gasteiger charge is -2.14. The van der Waals surface area contributed by atoms with Crippen LogP contribution < -0.4 is 0 Å². The molecule has 0 saturated heterocycles. The molecule has 0 aromatic heterocycles. The van der Waals surface area contributed by atoms with Gasteiger partial charge in [-0.3, -0.25) is 0 Å². The van der Waals surface area contributed by atoms with Crippen molar-refractivity contribution in [3.05, 3.63) is 71.5 Å². The number of aliphatic hydroxyl groups excluding tert-OH is 1. The fourth-order valence-corrected chi connectivity index (χ4v) is 1.78. The van der Waals surface area contributed by atoms with Crippen molar-refractivity contribution in [2.45, 2.75) is 5.92 Å². The zero-order valence-electron chi connectivity index (χ0n) is 8.81. The van der Waals surface area contributed by atoms with Gasteiger partial charge in [0, 0.05) is 5.92 Å². The largest absolute Gasteiger partial charge is 0.395 e. The molecule has 0 aliphatic carbocycles. The van der Waals surface area contributed by atoms with E-state index >= 15 is 0 Å². The SMILES string of the molecule is OCC(c1ccccc1)c1ccc(F)cc1. The van der Waals surface area contributed by atoms with Gasteiger partial charge in [-0.1, -0.05) is 42.5 Å². The first-order valence-electron chi connectivity index (χ1n) is 5.22. The van der Waals surface area contributed by atoms with Crippen LogP contribution in [0.15, 0.2) is 54.6 Å². The van der Waals surface area contributed by atoms with Crippen molar-refractivity contribution in [2.24, 2.45) is 0 Å². The zero-order chi connectivity index (χ0) is 11.4. The van der Waals surface area contributed by atoms with E-state index in [1.54, 1.807) is 12.1 Å². The predicted molar refractivity (Wildman–Crippen MR) is 61.8 cm³/mol. The Morgan fingerprint density at radius 1 is 0.875 bits per heavy atom. The van der Waals surface area contributed by atoms with Crippen molar-refractivity contribution >= 4 is 0 Å². The monoisotopic (exact) mass is 216 g/mol. The second-order valence-electron chi connectivity index (χ2n) is 3.70. The molecular formula is C14H13FO. The Balaban J connectivity index is 2.33. The zero-order valence-corrected chi connectivity index (χ0v) is 8.81. The van der Waals surface area contributed by atoms with Crippen LogP contribution in [0, 0.1) is 5.82 Å². The molecule has 0 aliphatic heterocycles. The lowest BCUT2D eigenvalue weighted by molar-refractivity contribution is 0.280. The first-order chi connectivity index (χ1) is 7.81. The average Bonchev–Trinajstić information content (AvgIpc) is 2.34.